The van der Waals surface area contributed by atoms with Crippen molar-refractivity contribution in [3.63, 3.8) is 0 Å². The molecular weight excluding hydrogens is 343 g/mol. The van der Waals surface area contributed by atoms with Gasteiger partial charge in [0, 0.05) is 23.5 Å². The van der Waals surface area contributed by atoms with Gasteiger partial charge in [0.15, 0.2) is 0 Å². The Morgan fingerprint density at radius 2 is 1.70 bits per heavy atom. The van der Waals surface area contributed by atoms with E-state index in [0.717, 1.165) is 16.7 Å². The van der Waals surface area contributed by atoms with E-state index < -0.39 is 11.4 Å². The number of nitrogens with zero attached hydrogens (tertiary/aromatic N) is 4. The molecule has 2 aromatic heterocycles. The maximum atomic E-state index is 14.0. The number of benzene rings is 1. The third kappa shape index (κ3) is 2.68. The molecule has 1 aromatic carbocycles. The second-order valence-electron chi connectivity index (χ2n) is 7.29. The Balaban J connectivity index is 1.88. The van der Waals surface area contributed by atoms with Gasteiger partial charge in [-0.15, -0.1) is 0 Å². The van der Waals surface area contributed by atoms with Gasteiger partial charge < -0.3 is 0 Å². The van der Waals surface area contributed by atoms with Crippen LogP contribution in [-0.2, 0) is 10.2 Å². The van der Waals surface area contributed by atoms with E-state index in [1.54, 1.807) is 31.5 Å². The minimum atomic E-state index is -0.722. The molecule has 5 nitrogen and oxygen atoms in total. The molecule has 1 aliphatic rings. The highest BCUT2D eigenvalue weighted by Crippen LogP contribution is 2.46. The van der Waals surface area contributed by atoms with Gasteiger partial charge in [-0.2, -0.15) is 4.39 Å². The number of hydrogen-bond acceptors (Lipinski definition) is 4. The van der Waals surface area contributed by atoms with Crippen LogP contribution in [-0.4, -0.2) is 20.9 Å². The maximum Gasteiger partial charge on any atom is 0.242 e. The fourth-order valence-electron chi connectivity index (χ4n) is 3.32. The van der Waals surface area contributed by atoms with Gasteiger partial charge in [-0.1, -0.05) is 18.2 Å². The van der Waals surface area contributed by atoms with Gasteiger partial charge in [-0.25, -0.2) is 15.0 Å². The average molecular weight is 362 g/mol. The number of aryl methyl sites for hydroxylation is 2. The minimum Gasteiger partial charge on any atom is -0.273 e. The lowest BCUT2D eigenvalue weighted by atomic mass is 9.85. The monoisotopic (exact) mass is 362 g/mol. The van der Waals surface area contributed by atoms with Gasteiger partial charge in [-0.3, -0.25) is 9.69 Å². The Bertz CT molecular complexity index is 1060. The normalized spacial score (nSPS) is 15.1. The summed E-state index contributed by atoms with van der Waals surface area (Å²) >= 11 is 0. The Hall–Kier alpha value is -3.15. The molecule has 0 spiro atoms. The van der Waals surface area contributed by atoms with E-state index in [1.165, 1.54) is 4.90 Å². The fourth-order valence-corrected chi connectivity index (χ4v) is 3.32. The quantitative estimate of drug-likeness (QED) is 0.640. The van der Waals surface area contributed by atoms with Crippen molar-refractivity contribution in [1.82, 2.24) is 15.0 Å². The molecule has 3 heterocycles. The number of amides is 1. The molecule has 0 N–H and O–H groups in total. The summed E-state index contributed by atoms with van der Waals surface area (Å²) in [4.78, 5) is 27.1. The summed E-state index contributed by atoms with van der Waals surface area (Å²) in [5.74, 6) is 0.268. The molecule has 1 amide bonds. The van der Waals surface area contributed by atoms with Gasteiger partial charge in [0.25, 0.3) is 0 Å². The van der Waals surface area contributed by atoms with Gasteiger partial charge in [0.2, 0.25) is 11.9 Å². The number of fused-ring (bicyclic) bond motifs is 1. The molecular formula is C21H19FN4O. The number of anilines is 2. The first kappa shape index (κ1) is 17.3. The van der Waals surface area contributed by atoms with Gasteiger partial charge in [0.1, 0.15) is 11.6 Å². The molecule has 1 aliphatic heterocycles. The zero-order valence-electron chi connectivity index (χ0n) is 15.6. The van der Waals surface area contributed by atoms with Crippen molar-refractivity contribution in [3.05, 3.63) is 65.6 Å². The molecule has 0 radical (unpaired) electrons. The van der Waals surface area contributed by atoms with Crippen LogP contribution in [0.15, 0.2) is 42.7 Å². The maximum absolute atomic E-state index is 14.0. The molecule has 3 aromatic rings. The lowest BCUT2D eigenvalue weighted by Crippen LogP contribution is -2.33. The Labute approximate surface area is 156 Å². The highest BCUT2D eigenvalue weighted by Gasteiger charge is 2.45. The number of carbonyl (C=O) groups is 1. The summed E-state index contributed by atoms with van der Waals surface area (Å²) in [6.07, 6.45) is 3.50. The zero-order chi connectivity index (χ0) is 19.3. The van der Waals surface area contributed by atoms with Crippen LogP contribution in [0.2, 0.25) is 0 Å². The van der Waals surface area contributed by atoms with E-state index in [1.807, 2.05) is 39.0 Å². The van der Waals surface area contributed by atoms with E-state index in [4.69, 9.17) is 0 Å². The zero-order valence-corrected chi connectivity index (χ0v) is 15.6. The first-order valence-electron chi connectivity index (χ1n) is 8.70. The van der Waals surface area contributed by atoms with Crippen molar-refractivity contribution in [3.8, 4) is 11.1 Å². The van der Waals surface area contributed by atoms with E-state index in [2.05, 4.69) is 15.0 Å². The van der Waals surface area contributed by atoms with Gasteiger partial charge in [-0.05, 0) is 51.0 Å². The van der Waals surface area contributed by atoms with Crippen LogP contribution in [0.1, 0.15) is 30.8 Å². The molecule has 4 rings (SSSR count). The summed E-state index contributed by atoms with van der Waals surface area (Å²) in [5, 5.41) is 0. The molecule has 27 heavy (non-hydrogen) atoms. The molecule has 0 fully saturated rings. The highest BCUT2D eigenvalue weighted by molar-refractivity contribution is 6.12. The van der Waals surface area contributed by atoms with Crippen LogP contribution in [0.25, 0.3) is 11.1 Å². The summed E-state index contributed by atoms with van der Waals surface area (Å²) in [7, 11) is 0. The van der Waals surface area contributed by atoms with Crippen LogP contribution in [0.4, 0.5) is 15.9 Å². The molecule has 0 bridgehead atoms. The third-order valence-corrected chi connectivity index (χ3v) is 5.01. The fraction of sp³-hybridized carbons (Fsp3) is 0.238. The summed E-state index contributed by atoms with van der Waals surface area (Å²) in [6, 6.07) is 9.10. The van der Waals surface area contributed by atoms with E-state index in [9.17, 15) is 9.18 Å². The highest BCUT2D eigenvalue weighted by atomic mass is 19.1. The van der Waals surface area contributed by atoms with Gasteiger partial charge >= 0.3 is 0 Å². The van der Waals surface area contributed by atoms with Crippen molar-refractivity contribution in [2.24, 2.45) is 0 Å². The number of carbonyl (C=O) groups excluding carboxylic acids is 1. The Morgan fingerprint density at radius 3 is 2.37 bits per heavy atom. The molecule has 0 saturated carbocycles. The van der Waals surface area contributed by atoms with E-state index in [0.29, 0.717) is 17.1 Å². The number of pyridine rings is 1. The lowest BCUT2D eigenvalue weighted by Gasteiger charge is -2.19. The van der Waals surface area contributed by atoms with Crippen molar-refractivity contribution >= 4 is 17.4 Å². The van der Waals surface area contributed by atoms with Crippen molar-refractivity contribution in [2.75, 3.05) is 4.90 Å². The largest absolute Gasteiger partial charge is 0.273 e. The average Bonchev–Trinajstić information content (AvgIpc) is 2.84. The summed E-state index contributed by atoms with van der Waals surface area (Å²) in [5.41, 5.74) is 3.04. The first-order chi connectivity index (χ1) is 12.8. The molecule has 6 heteroatoms. The minimum absolute atomic E-state index is 0.134. The lowest BCUT2D eigenvalue weighted by molar-refractivity contribution is -0.121. The smallest absolute Gasteiger partial charge is 0.242 e. The van der Waals surface area contributed by atoms with Crippen molar-refractivity contribution < 1.29 is 9.18 Å². The second kappa shape index (κ2) is 5.94. The van der Waals surface area contributed by atoms with E-state index >= 15 is 0 Å². The van der Waals surface area contributed by atoms with Crippen LogP contribution in [0.3, 0.4) is 0 Å². The number of aromatic nitrogens is 3. The van der Waals surface area contributed by atoms with Crippen molar-refractivity contribution in [2.45, 2.75) is 33.1 Å². The topological polar surface area (TPSA) is 59.0 Å². The summed E-state index contributed by atoms with van der Waals surface area (Å²) < 4.78 is 14.0. The number of hydrogen-bond donors (Lipinski definition) is 0. The van der Waals surface area contributed by atoms with Crippen LogP contribution in [0, 0.1) is 19.8 Å². The predicted octanol–water partition coefficient (Wildman–Crippen LogP) is 4.25. The Morgan fingerprint density at radius 1 is 1.00 bits per heavy atom. The SMILES string of the molecule is Cc1ncc(-c2ccc3c(c2)N(c2ccc(C)c(F)n2)C(=O)C3(C)C)cn1. The van der Waals surface area contributed by atoms with Crippen LogP contribution < -0.4 is 4.90 Å². The molecule has 0 unspecified atom stereocenters. The molecule has 136 valence electrons. The Kier molecular flexibility index (Phi) is 3.80. The van der Waals surface area contributed by atoms with Crippen LogP contribution >= 0.6 is 0 Å². The summed E-state index contributed by atoms with van der Waals surface area (Å²) in [6.45, 7) is 7.21. The van der Waals surface area contributed by atoms with Gasteiger partial charge in [0.05, 0.1) is 11.1 Å². The molecule has 0 atom stereocenters. The number of rotatable bonds is 2. The second-order valence-corrected chi connectivity index (χ2v) is 7.29. The van der Waals surface area contributed by atoms with E-state index in [-0.39, 0.29) is 11.7 Å². The third-order valence-electron chi connectivity index (χ3n) is 5.01. The first-order valence-corrected chi connectivity index (χ1v) is 8.70. The number of halogens is 1. The van der Waals surface area contributed by atoms with Crippen LogP contribution in [0.5, 0.6) is 0 Å². The van der Waals surface area contributed by atoms with Crippen molar-refractivity contribution in [1.29, 1.82) is 0 Å². The molecule has 0 saturated heterocycles. The standard InChI is InChI=1S/C21H19FN4O/c1-12-5-8-18(25-19(12)22)26-17-9-14(15-10-23-13(2)24-11-15)6-7-16(17)21(3,4)20(26)27/h5-11H,1-4H3. The molecule has 0 aliphatic carbocycles. The predicted molar refractivity (Wildman–Crippen MR) is 101 cm³/mol.